The molecule has 0 saturated heterocycles. The van der Waals surface area contributed by atoms with Crippen LogP contribution in [0.5, 0.6) is 0 Å². The quantitative estimate of drug-likeness (QED) is 0.822. The van der Waals surface area contributed by atoms with Crippen molar-refractivity contribution in [3.05, 3.63) is 22.1 Å². The van der Waals surface area contributed by atoms with E-state index in [0.29, 0.717) is 6.54 Å². The van der Waals surface area contributed by atoms with Crippen LogP contribution in [0.2, 0.25) is 0 Å². The van der Waals surface area contributed by atoms with Gasteiger partial charge in [-0.1, -0.05) is 6.08 Å². The first-order valence-electron chi connectivity index (χ1n) is 6.15. The van der Waals surface area contributed by atoms with Gasteiger partial charge in [0.2, 0.25) is 0 Å². The highest BCUT2D eigenvalue weighted by molar-refractivity contribution is 8.02. The van der Waals surface area contributed by atoms with Crippen molar-refractivity contribution >= 4 is 11.8 Å². The highest BCUT2D eigenvalue weighted by atomic mass is 32.2. The third-order valence-electron chi connectivity index (χ3n) is 3.37. The summed E-state index contributed by atoms with van der Waals surface area (Å²) in [5.74, 6) is 0. The molecule has 0 saturated carbocycles. The maximum absolute atomic E-state index is 5.79. The normalized spacial score (nSPS) is 26.9. The lowest BCUT2D eigenvalue weighted by molar-refractivity contribution is 0.0777. The molecule has 2 nitrogen and oxygen atoms in total. The summed E-state index contributed by atoms with van der Waals surface area (Å²) in [4.78, 5) is 1.56. The molecule has 0 radical (unpaired) electrons. The SMILES string of the molecule is CSC1=C(C2=CCCOC2CN)CCCC1. The zero-order valence-corrected chi connectivity index (χ0v) is 10.8. The largest absolute Gasteiger partial charge is 0.372 e. The molecule has 0 fully saturated rings. The number of rotatable bonds is 3. The van der Waals surface area contributed by atoms with Crippen molar-refractivity contribution in [2.75, 3.05) is 19.4 Å². The smallest absolute Gasteiger partial charge is 0.0947 e. The minimum absolute atomic E-state index is 0.143. The maximum atomic E-state index is 5.79. The van der Waals surface area contributed by atoms with E-state index in [4.69, 9.17) is 10.5 Å². The Morgan fingerprint density at radius 2 is 2.25 bits per heavy atom. The molecular weight excluding hydrogens is 218 g/mol. The van der Waals surface area contributed by atoms with Crippen molar-refractivity contribution in [3.8, 4) is 0 Å². The van der Waals surface area contributed by atoms with Gasteiger partial charge in [0.05, 0.1) is 12.7 Å². The lowest BCUT2D eigenvalue weighted by Crippen LogP contribution is -2.30. The zero-order chi connectivity index (χ0) is 11.4. The Balaban J connectivity index is 2.26. The third kappa shape index (κ3) is 2.53. The van der Waals surface area contributed by atoms with Crippen LogP contribution in [0.1, 0.15) is 32.1 Å². The van der Waals surface area contributed by atoms with E-state index in [-0.39, 0.29) is 6.10 Å². The van der Waals surface area contributed by atoms with Crippen LogP contribution < -0.4 is 5.73 Å². The molecule has 0 amide bonds. The lowest BCUT2D eigenvalue weighted by Gasteiger charge is -2.29. The van der Waals surface area contributed by atoms with E-state index in [1.165, 1.54) is 36.8 Å². The summed E-state index contributed by atoms with van der Waals surface area (Å²) in [6, 6.07) is 0. The van der Waals surface area contributed by atoms with Crippen molar-refractivity contribution in [3.63, 3.8) is 0 Å². The molecule has 0 aromatic heterocycles. The number of allylic oxidation sites excluding steroid dienone is 1. The molecule has 3 heteroatoms. The molecule has 16 heavy (non-hydrogen) atoms. The molecule has 0 aromatic rings. The van der Waals surface area contributed by atoms with E-state index in [1.54, 1.807) is 4.91 Å². The first-order valence-corrected chi connectivity index (χ1v) is 7.37. The second-order valence-electron chi connectivity index (χ2n) is 4.36. The van der Waals surface area contributed by atoms with Crippen molar-refractivity contribution in [2.45, 2.75) is 38.2 Å². The van der Waals surface area contributed by atoms with E-state index in [2.05, 4.69) is 12.3 Å². The van der Waals surface area contributed by atoms with Gasteiger partial charge in [-0.3, -0.25) is 0 Å². The monoisotopic (exact) mass is 239 g/mol. The van der Waals surface area contributed by atoms with Gasteiger partial charge >= 0.3 is 0 Å². The average molecular weight is 239 g/mol. The summed E-state index contributed by atoms with van der Waals surface area (Å²) < 4.78 is 5.75. The Morgan fingerprint density at radius 1 is 1.44 bits per heavy atom. The minimum Gasteiger partial charge on any atom is -0.372 e. The van der Waals surface area contributed by atoms with Crippen molar-refractivity contribution in [1.29, 1.82) is 0 Å². The predicted molar refractivity (Wildman–Crippen MR) is 70.5 cm³/mol. The first-order chi connectivity index (χ1) is 7.86. The van der Waals surface area contributed by atoms with Crippen molar-refractivity contribution in [2.24, 2.45) is 5.73 Å². The van der Waals surface area contributed by atoms with E-state index in [0.717, 1.165) is 13.0 Å². The van der Waals surface area contributed by atoms with Gasteiger partial charge in [-0.05, 0) is 54.4 Å². The van der Waals surface area contributed by atoms with Crippen LogP contribution in [0.3, 0.4) is 0 Å². The van der Waals surface area contributed by atoms with Gasteiger partial charge in [0, 0.05) is 6.54 Å². The zero-order valence-electron chi connectivity index (χ0n) is 10.00. The van der Waals surface area contributed by atoms with Gasteiger partial charge < -0.3 is 10.5 Å². The summed E-state index contributed by atoms with van der Waals surface area (Å²) >= 11 is 1.90. The fourth-order valence-electron chi connectivity index (χ4n) is 2.57. The molecule has 2 rings (SSSR count). The van der Waals surface area contributed by atoms with E-state index in [1.807, 2.05) is 11.8 Å². The summed E-state index contributed by atoms with van der Waals surface area (Å²) in [5.41, 5.74) is 8.71. The molecule has 2 aliphatic rings. The standard InChI is InChI=1S/C13H21NOS/c1-16-13-7-3-2-5-11(13)10-6-4-8-15-12(10)9-14/h6,12H,2-5,7-9,14H2,1H3. The average Bonchev–Trinajstić information content (AvgIpc) is 2.38. The van der Waals surface area contributed by atoms with Gasteiger partial charge in [0.1, 0.15) is 0 Å². The molecule has 1 unspecified atom stereocenters. The molecule has 2 N–H and O–H groups in total. The molecular formula is C13H21NOS. The fourth-order valence-corrected chi connectivity index (χ4v) is 3.38. The highest BCUT2D eigenvalue weighted by Gasteiger charge is 2.23. The Kier molecular flexibility index (Phi) is 4.50. The van der Waals surface area contributed by atoms with Crippen LogP contribution in [-0.2, 0) is 4.74 Å². The van der Waals surface area contributed by atoms with Crippen LogP contribution in [0.4, 0.5) is 0 Å². The Labute approximate surface area is 102 Å². The van der Waals surface area contributed by atoms with Crippen LogP contribution in [0.15, 0.2) is 22.1 Å². The molecule has 1 heterocycles. The summed E-state index contributed by atoms with van der Waals surface area (Å²) in [6.07, 6.45) is 10.8. The number of nitrogens with two attached hydrogens (primary N) is 1. The fraction of sp³-hybridized carbons (Fsp3) is 0.692. The van der Waals surface area contributed by atoms with Gasteiger partial charge in [0.15, 0.2) is 0 Å². The van der Waals surface area contributed by atoms with Gasteiger partial charge in [-0.2, -0.15) is 0 Å². The first kappa shape index (κ1) is 12.2. The number of hydrogen-bond donors (Lipinski definition) is 1. The van der Waals surface area contributed by atoms with E-state index >= 15 is 0 Å². The van der Waals surface area contributed by atoms with Gasteiger partial charge in [0.25, 0.3) is 0 Å². The van der Waals surface area contributed by atoms with Gasteiger partial charge in [-0.25, -0.2) is 0 Å². The molecule has 1 atom stereocenters. The molecule has 0 bridgehead atoms. The minimum atomic E-state index is 0.143. The number of ether oxygens (including phenoxy) is 1. The van der Waals surface area contributed by atoms with Crippen LogP contribution in [0, 0.1) is 0 Å². The lowest BCUT2D eigenvalue weighted by atomic mass is 9.89. The van der Waals surface area contributed by atoms with Crippen molar-refractivity contribution < 1.29 is 4.74 Å². The van der Waals surface area contributed by atoms with E-state index < -0.39 is 0 Å². The Morgan fingerprint density at radius 3 is 3.00 bits per heavy atom. The summed E-state index contributed by atoms with van der Waals surface area (Å²) in [6.45, 7) is 1.43. The van der Waals surface area contributed by atoms with Crippen LogP contribution in [0.25, 0.3) is 0 Å². The van der Waals surface area contributed by atoms with Crippen LogP contribution in [-0.4, -0.2) is 25.5 Å². The van der Waals surface area contributed by atoms with Crippen LogP contribution >= 0.6 is 11.8 Å². The predicted octanol–water partition coefficient (Wildman–Crippen LogP) is 2.85. The second-order valence-corrected chi connectivity index (χ2v) is 5.26. The number of hydrogen-bond acceptors (Lipinski definition) is 3. The van der Waals surface area contributed by atoms with Gasteiger partial charge in [-0.15, -0.1) is 11.8 Å². The molecule has 90 valence electrons. The molecule has 1 aliphatic carbocycles. The number of thioether (sulfide) groups is 1. The highest BCUT2D eigenvalue weighted by Crippen LogP contribution is 2.37. The molecule has 0 spiro atoms. The second kappa shape index (κ2) is 5.89. The molecule has 0 aromatic carbocycles. The topological polar surface area (TPSA) is 35.2 Å². The molecule has 1 aliphatic heterocycles. The summed E-state index contributed by atoms with van der Waals surface area (Å²) in [5, 5.41) is 0. The Hall–Kier alpha value is -0.250. The van der Waals surface area contributed by atoms with E-state index in [9.17, 15) is 0 Å². The Bertz CT molecular complexity index is 309. The maximum Gasteiger partial charge on any atom is 0.0947 e. The third-order valence-corrected chi connectivity index (χ3v) is 4.32. The van der Waals surface area contributed by atoms with Crippen molar-refractivity contribution in [1.82, 2.24) is 0 Å². The summed E-state index contributed by atoms with van der Waals surface area (Å²) in [7, 11) is 0.